The standard InChI is InChI=1S/C16H10F3NO/c1-20-8-11(10-4-2-3-5-14(10)20)16(21)9-6-12(17)15(19)13(18)7-9/h2-8H,1H3. The molecule has 1 heterocycles. The van der Waals surface area contributed by atoms with Crippen molar-refractivity contribution < 1.29 is 18.0 Å². The summed E-state index contributed by atoms with van der Waals surface area (Å²) in [6, 6.07) is 8.60. The SMILES string of the molecule is Cn1cc(C(=O)c2cc(F)c(F)c(F)c2)c2ccccc21. The van der Waals surface area contributed by atoms with Gasteiger partial charge < -0.3 is 4.57 Å². The number of aryl methyl sites for hydroxylation is 1. The summed E-state index contributed by atoms with van der Waals surface area (Å²) >= 11 is 0. The molecule has 0 aliphatic rings. The number of carbonyl (C=O) groups is 1. The second-order valence-corrected chi connectivity index (χ2v) is 4.75. The van der Waals surface area contributed by atoms with Crippen molar-refractivity contribution in [2.45, 2.75) is 0 Å². The molecule has 5 heteroatoms. The molecule has 0 aliphatic heterocycles. The number of halogens is 3. The fraction of sp³-hybridized carbons (Fsp3) is 0.0625. The second kappa shape index (κ2) is 4.77. The molecule has 2 nitrogen and oxygen atoms in total. The number of fused-ring (bicyclic) bond motifs is 1. The van der Waals surface area contributed by atoms with E-state index in [1.54, 1.807) is 29.9 Å². The van der Waals surface area contributed by atoms with Gasteiger partial charge in [0.25, 0.3) is 0 Å². The average Bonchev–Trinajstić information content (AvgIpc) is 2.81. The molecule has 0 saturated heterocycles. The maximum absolute atomic E-state index is 13.3. The predicted molar refractivity (Wildman–Crippen MR) is 72.7 cm³/mol. The number of carbonyl (C=O) groups excluding carboxylic acids is 1. The van der Waals surface area contributed by atoms with E-state index >= 15 is 0 Å². The Morgan fingerprint density at radius 1 is 1.05 bits per heavy atom. The maximum Gasteiger partial charge on any atom is 0.195 e. The number of aromatic nitrogens is 1. The van der Waals surface area contributed by atoms with Gasteiger partial charge >= 0.3 is 0 Å². The van der Waals surface area contributed by atoms with E-state index in [-0.39, 0.29) is 5.56 Å². The molecular weight excluding hydrogens is 279 g/mol. The van der Waals surface area contributed by atoms with E-state index < -0.39 is 23.2 Å². The zero-order valence-corrected chi connectivity index (χ0v) is 11.0. The Morgan fingerprint density at radius 2 is 1.67 bits per heavy atom. The Labute approximate surface area is 118 Å². The lowest BCUT2D eigenvalue weighted by Gasteiger charge is -2.02. The van der Waals surface area contributed by atoms with E-state index in [0.29, 0.717) is 23.1 Å². The molecule has 0 aliphatic carbocycles. The van der Waals surface area contributed by atoms with Crippen molar-refractivity contribution in [3.63, 3.8) is 0 Å². The first kappa shape index (κ1) is 13.4. The number of benzene rings is 2. The lowest BCUT2D eigenvalue weighted by atomic mass is 10.0. The summed E-state index contributed by atoms with van der Waals surface area (Å²) < 4.78 is 41.2. The van der Waals surface area contributed by atoms with Crippen LogP contribution in [0.3, 0.4) is 0 Å². The van der Waals surface area contributed by atoms with Crippen molar-refractivity contribution in [2.75, 3.05) is 0 Å². The minimum absolute atomic E-state index is 0.220. The van der Waals surface area contributed by atoms with Crippen LogP contribution < -0.4 is 0 Å². The Balaban J connectivity index is 2.17. The Kier molecular flexibility index (Phi) is 3.05. The highest BCUT2D eigenvalue weighted by atomic mass is 19.2. The molecule has 0 bridgehead atoms. The largest absolute Gasteiger partial charge is 0.350 e. The minimum Gasteiger partial charge on any atom is -0.350 e. The number of rotatable bonds is 2. The van der Waals surface area contributed by atoms with E-state index in [2.05, 4.69) is 0 Å². The molecule has 3 aromatic rings. The van der Waals surface area contributed by atoms with E-state index in [4.69, 9.17) is 0 Å². The fourth-order valence-corrected chi connectivity index (χ4v) is 2.36. The zero-order chi connectivity index (χ0) is 15.1. The molecule has 2 aromatic carbocycles. The van der Waals surface area contributed by atoms with E-state index in [9.17, 15) is 18.0 Å². The summed E-state index contributed by atoms with van der Waals surface area (Å²) in [5.41, 5.74) is 0.921. The number of hydrogen-bond acceptors (Lipinski definition) is 1. The molecule has 0 fully saturated rings. The van der Waals surface area contributed by atoms with Crippen LogP contribution in [-0.2, 0) is 7.05 Å². The van der Waals surface area contributed by atoms with Crippen LogP contribution in [0.1, 0.15) is 15.9 Å². The first-order valence-electron chi connectivity index (χ1n) is 6.22. The molecule has 21 heavy (non-hydrogen) atoms. The van der Waals surface area contributed by atoms with Crippen LogP contribution in [0, 0.1) is 17.5 Å². The van der Waals surface area contributed by atoms with Gasteiger partial charge in [0.15, 0.2) is 23.2 Å². The van der Waals surface area contributed by atoms with Gasteiger partial charge in [-0.25, -0.2) is 13.2 Å². The molecule has 0 N–H and O–H groups in total. The lowest BCUT2D eigenvalue weighted by Crippen LogP contribution is -2.04. The van der Waals surface area contributed by atoms with Gasteiger partial charge in [-0.1, -0.05) is 18.2 Å². The van der Waals surface area contributed by atoms with Crippen molar-refractivity contribution >= 4 is 16.7 Å². The smallest absolute Gasteiger partial charge is 0.195 e. The summed E-state index contributed by atoms with van der Waals surface area (Å²) in [5.74, 6) is -4.88. The van der Waals surface area contributed by atoms with Crippen LogP contribution in [0.25, 0.3) is 10.9 Å². The molecule has 0 saturated carbocycles. The van der Waals surface area contributed by atoms with Crippen LogP contribution in [0.5, 0.6) is 0 Å². The van der Waals surface area contributed by atoms with Crippen LogP contribution in [0.15, 0.2) is 42.6 Å². The number of ketones is 1. The van der Waals surface area contributed by atoms with Crippen molar-refractivity contribution in [3.05, 3.63) is 71.2 Å². The monoisotopic (exact) mass is 289 g/mol. The van der Waals surface area contributed by atoms with Gasteiger partial charge in [-0.05, 0) is 18.2 Å². The summed E-state index contributed by atoms with van der Waals surface area (Å²) in [6.07, 6.45) is 1.59. The number of para-hydroxylation sites is 1. The van der Waals surface area contributed by atoms with Gasteiger partial charge in [0.1, 0.15) is 0 Å². The van der Waals surface area contributed by atoms with Crippen LogP contribution in [-0.4, -0.2) is 10.4 Å². The van der Waals surface area contributed by atoms with Gasteiger partial charge in [0.05, 0.1) is 0 Å². The highest BCUT2D eigenvalue weighted by Crippen LogP contribution is 2.24. The molecule has 0 spiro atoms. The highest BCUT2D eigenvalue weighted by Gasteiger charge is 2.19. The quantitative estimate of drug-likeness (QED) is 0.519. The van der Waals surface area contributed by atoms with Gasteiger partial charge in [-0.15, -0.1) is 0 Å². The van der Waals surface area contributed by atoms with Crippen LogP contribution >= 0.6 is 0 Å². The summed E-state index contributed by atoms with van der Waals surface area (Å²) in [7, 11) is 1.77. The van der Waals surface area contributed by atoms with Gasteiger partial charge in [-0.2, -0.15) is 0 Å². The maximum atomic E-state index is 13.3. The lowest BCUT2D eigenvalue weighted by molar-refractivity contribution is 0.103. The van der Waals surface area contributed by atoms with Crippen LogP contribution in [0.2, 0.25) is 0 Å². The predicted octanol–water partition coefficient (Wildman–Crippen LogP) is 3.83. The topological polar surface area (TPSA) is 22.0 Å². The number of hydrogen-bond donors (Lipinski definition) is 0. The summed E-state index contributed by atoms with van der Waals surface area (Å²) in [6.45, 7) is 0. The van der Waals surface area contributed by atoms with Crippen molar-refractivity contribution in [1.82, 2.24) is 4.57 Å². The molecule has 0 atom stereocenters. The third-order valence-corrected chi connectivity index (χ3v) is 3.39. The molecule has 0 amide bonds. The second-order valence-electron chi connectivity index (χ2n) is 4.75. The third-order valence-electron chi connectivity index (χ3n) is 3.39. The Morgan fingerprint density at radius 3 is 2.33 bits per heavy atom. The van der Waals surface area contributed by atoms with Gasteiger partial charge in [0, 0.05) is 35.3 Å². The first-order valence-corrected chi connectivity index (χ1v) is 6.22. The summed E-state index contributed by atoms with van der Waals surface area (Å²) in [5, 5.41) is 0.676. The third kappa shape index (κ3) is 2.11. The molecule has 3 rings (SSSR count). The van der Waals surface area contributed by atoms with Crippen molar-refractivity contribution in [3.8, 4) is 0 Å². The molecule has 0 unspecified atom stereocenters. The fourth-order valence-electron chi connectivity index (χ4n) is 2.36. The van der Waals surface area contributed by atoms with Gasteiger partial charge in [0.2, 0.25) is 0 Å². The van der Waals surface area contributed by atoms with Crippen molar-refractivity contribution in [1.29, 1.82) is 0 Å². The Bertz CT molecular complexity index is 844. The van der Waals surface area contributed by atoms with Crippen LogP contribution in [0.4, 0.5) is 13.2 Å². The Hall–Kier alpha value is -2.56. The van der Waals surface area contributed by atoms with E-state index in [1.165, 1.54) is 0 Å². The van der Waals surface area contributed by atoms with Gasteiger partial charge in [-0.3, -0.25) is 4.79 Å². The summed E-state index contributed by atoms with van der Waals surface area (Å²) in [4.78, 5) is 12.4. The molecule has 0 radical (unpaired) electrons. The molecule has 1 aromatic heterocycles. The van der Waals surface area contributed by atoms with Crippen molar-refractivity contribution in [2.24, 2.45) is 7.05 Å². The zero-order valence-electron chi connectivity index (χ0n) is 11.0. The first-order chi connectivity index (χ1) is 9.99. The normalized spacial score (nSPS) is 11.0. The number of nitrogens with zero attached hydrogens (tertiary/aromatic N) is 1. The molecule has 106 valence electrons. The average molecular weight is 289 g/mol. The molecular formula is C16H10F3NO. The van der Waals surface area contributed by atoms with E-state index in [0.717, 1.165) is 5.52 Å². The minimum atomic E-state index is -1.58. The van der Waals surface area contributed by atoms with E-state index in [1.807, 2.05) is 12.1 Å². The highest BCUT2D eigenvalue weighted by molar-refractivity contribution is 6.16.